The van der Waals surface area contributed by atoms with E-state index in [0.29, 0.717) is 17.6 Å². The lowest BCUT2D eigenvalue weighted by atomic mass is 9.96. The molecule has 5 rings (SSSR count). The lowest BCUT2D eigenvalue weighted by molar-refractivity contribution is -0.136. The number of rotatable bonds is 3. The molecular weight excluding hydrogens is 390 g/mol. The summed E-state index contributed by atoms with van der Waals surface area (Å²) in [6.07, 6.45) is 2.89. The highest BCUT2D eigenvalue weighted by atomic mass is 16.2. The van der Waals surface area contributed by atoms with E-state index in [1.165, 1.54) is 5.56 Å². The molecule has 1 aliphatic heterocycles. The molecule has 2 N–H and O–H groups in total. The Bertz CT molecular complexity index is 1340. The predicted octanol–water partition coefficient (Wildman–Crippen LogP) is 3.97. The average molecular weight is 415 g/mol. The van der Waals surface area contributed by atoms with Gasteiger partial charge in [0.15, 0.2) is 0 Å². The van der Waals surface area contributed by atoms with Gasteiger partial charge in [-0.3, -0.25) is 9.59 Å². The fraction of sp³-hybridized carbons (Fsp3) is 0.333. The predicted molar refractivity (Wildman–Crippen MR) is 120 cm³/mol. The van der Waals surface area contributed by atoms with Gasteiger partial charge in [0.25, 0.3) is 5.56 Å². The van der Waals surface area contributed by atoms with Gasteiger partial charge >= 0.3 is 0 Å². The molecule has 4 aromatic rings. The highest BCUT2D eigenvalue weighted by Crippen LogP contribution is 2.34. The minimum atomic E-state index is -0.478. The maximum Gasteiger partial charge on any atom is 0.272 e. The summed E-state index contributed by atoms with van der Waals surface area (Å²) in [7, 11) is 0. The zero-order chi connectivity index (χ0) is 21.5. The number of amides is 1. The molecule has 1 amide bonds. The average Bonchev–Trinajstić information content (AvgIpc) is 3.22. The smallest absolute Gasteiger partial charge is 0.272 e. The minimum absolute atomic E-state index is 0.00559. The number of aromatic amines is 2. The molecule has 0 aliphatic carbocycles. The zero-order valence-electron chi connectivity index (χ0n) is 17.7. The van der Waals surface area contributed by atoms with Gasteiger partial charge in [0.05, 0.1) is 34.1 Å². The Hall–Kier alpha value is -3.48. The number of aromatic nitrogens is 4. The van der Waals surface area contributed by atoms with Crippen molar-refractivity contribution in [2.24, 2.45) is 0 Å². The van der Waals surface area contributed by atoms with Crippen LogP contribution in [-0.4, -0.2) is 37.5 Å². The van der Waals surface area contributed by atoms with Gasteiger partial charge in [-0.25, -0.2) is 10.1 Å². The van der Waals surface area contributed by atoms with Gasteiger partial charge < -0.3 is 9.88 Å². The molecule has 0 saturated carbocycles. The molecule has 7 heteroatoms. The lowest BCUT2D eigenvalue weighted by Crippen LogP contribution is -2.41. The summed E-state index contributed by atoms with van der Waals surface area (Å²) in [5.41, 5.74) is 3.44. The fourth-order valence-corrected chi connectivity index (χ4v) is 4.61. The number of imidazole rings is 1. The third-order valence-corrected chi connectivity index (χ3v) is 6.26. The number of carbonyl (C=O) groups is 1. The van der Waals surface area contributed by atoms with E-state index < -0.39 is 5.92 Å². The Morgan fingerprint density at radius 1 is 1.16 bits per heavy atom. The SMILES string of the molecule is Cc1ccc2nc([C@H]3CCCCN3C(=O)[C@H](C)c3n[nH]c(=O)c4ccccc34)[nH]c2c1. The molecule has 2 aromatic carbocycles. The van der Waals surface area contributed by atoms with E-state index in [1.54, 1.807) is 6.07 Å². The molecule has 2 aromatic heterocycles. The highest BCUT2D eigenvalue weighted by molar-refractivity contribution is 5.91. The molecule has 2 atom stereocenters. The summed E-state index contributed by atoms with van der Waals surface area (Å²) in [5.74, 6) is 0.361. The molecule has 7 nitrogen and oxygen atoms in total. The van der Waals surface area contributed by atoms with Crippen molar-refractivity contribution in [3.8, 4) is 0 Å². The second-order valence-corrected chi connectivity index (χ2v) is 8.39. The number of aryl methyl sites for hydroxylation is 1. The number of nitrogens with one attached hydrogen (secondary N) is 2. The first-order valence-electron chi connectivity index (χ1n) is 10.8. The van der Waals surface area contributed by atoms with Crippen molar-refractivity contribution in [2.75, 3.05) is 6.54 Å². The molecule has 1 fully saturated rings. The fourth-order valence-electron chi connectivity index (χ4n) is 4.61. The van der Waals surface area contributed by atoms with Crippen LogP contribution >= 0.6 is 0 Å². The number of carbonyl (C=O) groups excluding carboxylic acids is 1. The van der Waals surface area contributed by atoms with Gasteiger partial charge in [-0.2, -0.15) is 5.10 Å². The summed E-state index contributed by atoms with van der Waals surface area (Å²) in [6.45, 7) is 4.61. The normalized spacial score (nSPS) is 17.9. The van der Waals surface area contributed by atoms with Crippen LogP contribution in [0.2, 0.25) is 0 Å². The molecule has 1 saturated heterocycles. The zero-order valence-corrected chi connectivity index (χ0v) is 17.7. The van der Waals surface area contributed by atoms with Gasteiger partial charge in [0.1, 0.15) is 5.82 Å². The number of nitrogens with zero attached hydrogens (tertiary/aromatic N) is 3. The topological polar surface area (TPSA) is 94.7 Å². The maximum atomic E-state index is 13.6. The summed E-state index contributed by atoms with van der Waals surface area (Å²) < 4.78 is 0. The van der Waals surface area contributed by atoms with Crippen LogP contribution < -0.4 is 5.56 Å². The second-order valence-electron chi connectivity index (χ2n) is 8.39. The van der Waals surface area contributed by atoms with Gasteiger partial charge in [-0.1, -0.05) is 24.3 Å². The maximum absolute atomic E-state index is 13.6. The van der Waals surface area contributed by atoms with Crippen molar-refractivity contribution in [1.29, 1.82) is 0 Å². The van der Waals surface area contributed by atoms with E-state index >= 15 is 0 Å². The lowest BCUT2D eigenvalue weighted by Gasteiger charge is -2.36. The minimum Gasteiger partial charge on any atom is -0.340 e. The molecule has 0 unspecified atom stereocenters. The molecule has 0 radical (unpaired) electrons. The molecule has 0 bridgehead atoms. The van der Waals surface area contributed by atoms with Crippen molar-refractivity contribution < 1.29 is 4.79 Å². The number of hydrogen-bond acceptors (Lipinski definition) is 4. The number of piperidine rings is 1. The Morgan fingerprint density at radius 3 is 2.81 bits per heavy atom. The van der Waals surface area contributed by atoms with E-state index in [4.69, 9.17) is 4.98 Å². The van der Waals surface area contributed by atoms with Crippen LogP contribution in [0.1, 0.15) is 55.2 Å². The van der Waals surface area contributed by atoms with Gasteiger partial charge in [0.2, 0.25) is 5.91 Å². The number of benzene rings is 2. The third kappa shape index (κ3) is 3.40. The van der Waals surface area contributed by atoms with E-state index in [9.17, 15) is 9.59 Å². The quantitative estimate of drug-likeness (QED) is 0.529. The highest BCUT2D eigenvalue weighted by Gasteiger charge is 2.34. The van der Waals surface area contributed by atoms with E-state index in [2.05, 4.69) is 28.2 Å². The number of hydrogen-bond donors (Lipinski definition) is 2. The molecule has 158 valence electrons. The third-order valence-electron chi connectivity index (χ3n) is 6.26. The standard InChI is InChI=1S/C24H25N5O2/c1-14-10-11-18-19(13-14)26-22(25-18)20-9-5-6-12-29(20)24(31)15(2)21-16-7-3-4-8-17(16)23(30)28-27-21/h3-4,7-8,10-11,13,15,20H,5-6,9,12H2,1-2H3,(H,25,26)(H,28,30)/t15-,20-/m1/s1. The van der Waals surface area contributed by atoms with Crippen LogP contribution in [0, 0.1) is 6.92 Å². The van der Waals surface area contributed by atoms with Gasteiger partial charge in [0, 0.05) is 11.9 Å². The van der Waals surface area contributed by atoms with Crippen molar-refractivity contribution in [2.45, 2.75) is 45.1 Å². The second kappa shape index (κ2) is 7.65. The largest absolute Gasteiger partial charge is 0.340 e. The Morgan fingerprint density at radius 2 is 1.97 bits per heavy atom. The molecular formula is C24H25N5O2. The van der Waals surface area contributed by atoms with Crippen LogP contribution in [0.25, 0.3) is 21.8 Å². The van der Waals surface area contributed by atoms with E-state index in [-0.39, 0.29) is 17.5 Å². The summed E-state index contributed by atoms with van der Waals surface area (Å²) in [6, 6.07) is 13.3. The Balaban J connectivity index is 1.51. The Labute approximate surface area is 179 Å². The van der Waals surface area contributed by atoms with Crippen LogP contribution in [0.4, 0.5) is 0 Å². The van der Waals surface area contributed by atoms with Gasteiger partial charge in [-0.15, -0.1) is 0 Å². The van der Waals surface area contributed by atoms with E-state index in [1.807, 2.05) is 42.2 Å². The first-order valence-corrected chi connectivity index (χ1v) is 10.8. The monoisotopic (exact) mass is 415 g/mol. The van der Waals surface area contributed by atoms with Crippen LogP contribution in [0.5, 0.6) is 0 Å². The number of H-pyrrole nitrogens is 2. The number of fused-ring (bicyclic) bond motifs is 2. The first-order chi connectivity index (χ1) is 15.0. The van der Waals surface area contributed by atoms with Crippen molar-refractivity contribution >= 4 is 27.7 Å². The van der Waals surface area contributed by atoms with Crippen LogP contribution in [-0.2, 0) is 4.79 Å². The van der Waals surface area contributed by atoms with Crippen LogP contribution in [0.3, 0.4) is 0 Å². The summed E-state index contributed by atoms with van der Waals surface area (Å²) >= 11 is 0. The van der Waals surface area contributed by atoms with Crippen LogP contribution in [0.15, 0.2) is 47.3 Å². The van der Waals surface area contributed by atoms with Crippen molar-refractivity contribution in [1.82, 2.24) is 25.1 Å². The van der Waals surface area contributed by atoms with Gasteiger partial charge in [-0.05, 0) is 56.9 Å². The molecule has 1 aliphatic rings. The molecule has 0 spiro atoms. The number of likely N-dealkylation sites (tertiary alicyclic amines) is 1. The van der Waals surface area contributed by atoms with Crippen molar-refractivity contribution in [3.63, 3.8) is 0 Å². The molecule has 31 heavy (non-hydrogen) atoms. The Kier molecular flexibility index (Phi) is 4.81. The summed E-state index contributed by atoms with van der Waals surface area (Å²) in [5, 5.41) is 8.08. The first kappa shape index (κ1) is 19.5. The van der Waals surface area contributed by atoms with E-state index in [0.717, 1.165) is 41.5 Å². The summed E-state index contributed by atoms with van der Waals surface area (Å²) in [4.78, 5) is 35.9. The molecule has 3 heterocycles. The van der Waals surface area contributed by atoms with Crippen molar-refractivity contribution in [3.05, 3.63) is 69.9 Å².